The number of hydrogen-bond donors (Lipinski definition) is 3. The second kappa shape index (κ2) is 9.15. The molecule has 6 N–H and O–H groups in total. The van der Waals surface area contributed by atoms with E-state index in [1.54, 1.807) is 18.2 Å². The molecule has 4 rings (SSSR count). The molecule has 1 unspecified atom stereocenters. The quantitative estimate of drug-likeness (QED) is 0.410. The van der Waals surface area contributed by atoms with Gasteiger partial charge in [-0.2, -0.15) is 0 Å². The number of aromatic nitrogens is 3. The number of primary sulfonamides is 1. The topological polar surface area (TPSA) is 143 Å². The maximum absolute atomic E-state index is 12.4. The van der Waals surface area contributed by atoms with E-state index in [-0.39, 0.29) is 0 Å². The zero-order valence-electron chi connectivity index (χ0n) is 19.0. The Balaban J connectivity index is 1.62. The fourth-order valence-corrected chi connectivity index (χ4v) is 5.58. The molecule has 0 bridgehead atoms. The number of nitrogens with two attached hydrogens (primary N) is 3. The molecule has 176 valence electrons. The summed E-state index contributed by atoms with van der Waals surface area (Å²) in [6.07, 6.45) is 10.2. The van der Waals surface area contributed by atoms with Gasteiger partial charge in [0, 0.05) is 24.0 Å². The van der Waals surface area contributed by atoms with Crippen LogP contribution in [-0.4, -0.2) is 27.7 Å². The number of rotatable bonds is 9. The molecular weight excluding hydrogens is 436 g/mol. The number of pyridine rings is 1. The van der Waals surface area contributed by atoms with E-state index < -0.39 is 14.8 Å². The van der Waals surface area contributed by atoms with Crippen LogP contribution in [0.2, 0.25) is 0 Å². The van der Waals surface area contributed by atoms with Crippen LogP contribution < -0.4 is 16.6 Å². The van der Waals surface area contributed by atoms with Crippen LogP contribution in [0.5, 0.6) is 0 Å². The average Bonchev–Trinajstić information content (AvgIpc) is 3.15. The van der Waals surface area contributed by atoms with Crippen LogP contribution >= 0.6 is 0 Å². The summed E-state index contributed by atoms with van der Waals surface area (Å²) in [4.78, 5) is 9.39. The Labute approximate surface area is 194 Å². The second-order valence-electron chi connectivity index (χ2n) is 8.80. The first kappa shape index (κ1) is 23.3. The molecule has 33 heavy (non-hydrogen) atoms. The number of unbranched alkanes of at least 4 members (excludes halogenated alkanes) is 2. The number of hydrogen-bond acceptors (Lipinski definition) is 6. The van der Waals surface area contributed by atoms with Gasteiger partial charge in [-0.1, -0.05) is 43.7 Å². The van der Waals surface area contributed by atoms with E-state index in [2.05, 4.69) is 16.5 Å². The summed E-state index contributed by atoms with van der Waals surface area (Å²) in [6, 6.07) is 7.95. The minimum atomic E-state index is -3.77. The van der Waals surface area contributed by atoms with Crippen LogP contribution in [0.4, 0.5) is 5.82 Å². The minimum Gasteiger partial charge on any atom is -0.399 e. The third kappa shape index (κ3) is 4.47. The van der Waals surface area contributed by atoms with E-state index in [1.807, 2.05) is 24.3 Å². The normalized spacial score (nSPS) is 18.8. The van der Waals surface area contributed by atoms with Crippen molar-refractivity contribution in [2.45, 2.75) is 63.2 Å². The van der Waals surface area contributed by atoms with E-state index in [0.717, 1.165) is 53.4 Å². The van der Waals surface area contributed by atoms with Gasteiger partial charge in [0.05, 0.1) is 11.0 Å². The fourth-order valence-electron chi connectivity index (χ4n) is 4.58. The van der Waals surface area contributed by atoms with Crippen LogP contribution in [0, 0.1) is 0 Å². The Morgan fingerprint density at radius 3 is 2.61 bits per heavy atom. The Kier molecular flexibility index (Phi) is 6.45. The van der Waals surface area contributed by atoms with Gasteiger partial charge in [0.25, 0.3) is 0 Å². The van der Waals surface area contributed by atoms with E-state index in [0.29, 0.717) is 37.3 Å². The number of para-hydroxylation sites is 1. The second-order valence-corrected chi connectivity index (χ2v) is 10.7. The standard InChI is InChI=1S/C24H32N6O2S/c1-2-3-10-20-29-21-22(18-8-4-5-9-19(18)28-23(21)26)30(20)16-7-6-13-24(33(27,31)32)14-11-17(25)12-15-24/h4-5,8-9,11-12,14H,2-3,6-7,10,13,15-16,25H2,1H3,(H2,26,28)(H2,27,31,32). The molecule has 9 heteroatoms. The molecule has 1 aliphatic rings. The Hall–Kier alpha value is -2.91. The van der Waals surface area contributed by atoms with Crippen molar-refractivity contribution in [2.24, 2.45) is 10.9 Å². The number of nitrogen functional groups attached to an aromatic ring is 1. The Morgan fingerprint density at radius 1 is 1.12 bits per heavy atom. The van der Waals surface area contributed by atoms with Gasteiger partial charge in [0.1, 0.15) is 16.1 Å². The van der Waals surface area contributed by atoms with Crippen LogP contribution in [0.3, 0.4) is 0 Å². The number of fused-ring (bicyclic) bond motifs is 3. The minimum absolute atomic E-state index is 0.302. The van der Waals surface area contributed by atoms with Gasteiger partial charge in [-0.3, -0.25) is 0 Å². The monoisotopic (exact) mass is 468 g/mol. The summed E-state index contributed by atoms with van der Waals surface area (Å²) in [5.41, 5.74) is 15.2. The van der Waals surface area contributed by atoms with Crippen molar-refractivity contribution in [1.29, 1.82) is 0 Å². The predicted octanol–water partition coefficient (Wildman–Crippen LogP) is 3.51. The summed E-state index contributed by atoms with van der Waals surface area (Å²) in [5, 5.41) is 6.64. The van der Waals surface area contributed by atoms with E-state index >= 15 is 0 Å². The molecule has 1 aromatic carbocycles. The summed E-state index contributed by atoms with van der Waals surface area (Å²) in [7, 11) is -3.77. The molecule has 1 atom stereocenters. The van der Waals surface area contributed by atoms with E-state index in [9.17, 15) is 8.42 Å². The number of benzene rings is 1. The SMILES string of the molecule is CCCCc1nc2c(N)nc3ccccc3c2n1CCCCC1(S(N)(=O)=O)C=CC(N)=CC1. The number of anilines is 1. The van der Waals surface area contributed by atoms with Crippen molar-refractivity contribution in [3.8, 4) is 0 Å². The largest absolute Gasteiger partial charge is 0.399 e. The van der Waals surface area contributed by atoms with Crippen LogP contribution in [0.1, 0.15) is 51.3 Å². The molecule has 0 spiro atoms. The molecule has 3 aromatic rings. The third-order valence-electron chi connectivity index (χ3n) is 6.50. The molecule has 0 amide bonds. The van der Waals surface area contributed by atoms with Gasteiger partial charge in [-0.25, -0.2) is 23.5 Å². The van der Waals surface area contributed by atoms with Crippen molar-refractivity contribution < 1.29 is 8.42 Å². The number of nitrogens with zero attached hydrogens (tertiary/aromatic N) is 3. The maximum Gasteiger partial charge on any atom is 0.218 e. The number of allylic oxidation sites excluding steroid dienone is 2. The molecule has 0 saturated carbocycles. The fraction of sp³-hybridized carbons (Fsp3) is 0.417. The highest BCUT2D eigenvalue weighted by Gasteiger charge is 2.39. The van der Waals surface area contributed by atoms with Gasteiger partial charge >= 0.3 is 0 Å². The lowest BCUT2D eigenvalue weighted by atomic mass is 9.93. The molecule has 2 aromatic heterocycles. The van der Waals surface area contributed by atoms with Gasteiger partial charge in [-0.15, -0.1) is 0 Å². The van der Waals surface area contributed by atoms with Crippen molar-refractivity contribution in [1.82, 2.24) is 14.5 Å². The van der Waals surface area contributed by atoms with Crippen LogP contribution in [0.15, 0.2) is 48.2 Å². The highest BCUT2D eigenvalue weighted by Crippen LogP contribution is 2.33. The smallest absolute Gasteiger partial charge is 0.218 e. The number of aryl methyl sites for hydroxylation is 2. The van der Waals surface area contributed by atoms with Gasteiger partial charge in [0.15, 0.2) is 5.82 Å². The maximum atomic E-state index is 12.4. The lowest BCUT2D eigenvalue weighted by molar-refractivity contribution is 0.497. The molecule has 0 saturated heterocycles. The van der Waals surface area contributed by atoms with Crippen molar-refractivity contribution in [2.75, 3.05) is 5.73 Å². The summed E-state index contributed by atoms with van der Waals surface area (Å²) >= 11 is 0. The van der Waals surface area contributed by atoms with E-state index in [1.165, 1.54) is 0 Å². The first-order chi connectivity index (χ1) is 15.8. The van der Waals surface area contributed by atoms with Gasteiger partial charge in [0.2, 0.25) is 10.0 Å². The average molecular weight is 469 g/mol. The van der Waals surface area contributed by atoms with Crippen LogP contribution in [-0.2, 0) is 23.0 Å². The highest BCUT2D eigenvalue weighted by atomic mass is 32.2. The van der Waals surface area contributed by atoms with Gasteiger partial charge < -0.3 is 16.0 Å². The summed E-state index contributed by atoms with van der Waals surface area (Å²) in [6.45, 7) is 2.87. The third-order valence-corrected chi connectivity index (χ3v) is 8.14. The van der Waals surface area contributed by atoms with Crippen molar-refractivity contribution in [3.63, 3.8) is 0 Å². The highest BCUT2D eigenvalue weighted by molar-refractivity contribution is 7.90. The van der Waals surface area contributed by atoms with Crippen LogP contribution in [0.25, 0.3) is 21.9 Å². The first-order valence-electron chi connectivity index (χ1n) is 11.5. The van der Waals surface area contributed by atoms with Gasteiger partial charge in [-0.05, 0) is 44.2 Å². The Bertz CT molecular complexity index is 1340. The molecular formula is C24H32N6O2S. The lowest BCUT2D eigenvalue weighted by Crippen LogP contribution is -2.42. The lowest BCUT2D eigenvalue weighted by Gasteiger charge is -2.29. The zero-order chi connectivity index (χ0) is 23.6. The summed E-state index contributed by atoms with van der Waals surface area (Å²) in [5.74, 6) is 1.43. The predicted molar refractivity (Wildman–Crippen MR) is 134 cm³/mol. The Morgan fingerprint density at radius 2 is 1.91 bits per heavy atom. The van der Waals surface area contributed by atoms with Crippen molar-refractivity contribution in [3.05, 3.63) is 54.0 Å². The zero-order valence-corrected chi connectivity index (χ0v) is 19.8. The molecule has 8 nitrogen and oxygen atoms in total. The molecule has 1 aliphatic carbocycles. The summed E-state index contributed by atoms with van der Waals surface area (Å²) < 4.78 is 25.9. The molecule has 0 radical (unpaired) electrons. The van der Waals surface area contributed by atoms with Crippen molar-refractivity contribution >= 4 is 37.8 Å². The molecule has 0 fully saturated rings. The van der Waals surface area contributed by atoms with E-state index in [4.69, 9.17) is 21.6 Å². The number of sulfonamides is 1. The molecule has 0 aliphatic heterocycles. The molecule has 2 heterocycles. The first-order valence-corrected chi connectivity index (χ1v) is 13.0. The number of imidazole rings is 1.